The van der Waals surface area contributed by atoms with Gasteiger partial charge in [-0.3, -0.25) is 0 Å². The summed E-state index contributed by atoms with van der Waals surface area (Å²) in [5, 5.41) is 7.42. The van der Waals surface area contributed by atoms with Crippen LogP contribution < -0.4 is 10.2 Å². The van der Waals surface area contributed by atoms with Gasteiger partial charge in [-0.15, -0.1) is 0 Å². The maximum Gasteiger partial charge on any atom is 0.266 e. The molecule has 1 N–H and O–H groups in total. The number of piperazine rings is 1. The Bertz CT molecular complexity index is 366. The topological polar surface area (TPSA) is 57.4 Å². The van der Waals surface area contributed by atoms with E-state index in [-0.39, 0.29) is 0 Å². The molecule has 2 saturated heterocycles. The summed E-state index contributed by atoms with van der Waals surface area (Å²) in [5.74, 6) is 1.97. The molecule has 1 unspecified atom stereocenters. The molecule has 0 amide bonds. The Labute approximate surface area is 101 Å². The monoisotopic (exact) mass is 237 g/mol. The third-order valence-corrected chi connectivity index (χ3v) is 3.63. The van der Waals surface area contributed by atoms with Gasteiger partial charge in [-0.2, -0.15) is 4.98 Å². The fraction of sp³-hybridized carbons (Fsp3) is 0.818. The minimum absolute atomic E-state index is 0.406. The Balaban J connectivity index is 1.67. The molecule has 1 aromatic heterocycles. The molecule has 0 radical (unpaired) electrons. The lowest BCUT2D eigenvalue weighted by Gasteiger charge is -2.31. The predicted molar refractivity (Wildman–Crippen MR) is 64.2 cm³/mol. The maximum absolute atomic E-state index is 5.37. The summed E-state index contributed by atoms with van der Waals surface area (Å²) in [5.41, 5.74) is 0. The van der Waals surface area contributed by atoms with E-state index in [0.717, 1.165) is 57.5 Å². The second-order valence-corrected chi connectivity index (χ2v) is 4.91. The summed E-state index contributed by atoms with van der Waals surface area (Å²) < 4.78 is 5.37. The van der Waals surface area contributed by atoms with Crippen molar-refractivity contribution in [1.29, 1.82) is 0 Å². The maximum atomic E-state index is 5.37. The molecule has 0 aromatic carbocycles. The minimum Gasteiger partial charge on any atom is -0.337 e. The van der Waals surface area contributed by atoms with Gasteiger partial charge in [-0.25, -0.2) is 0 Å². The van der Waals surface area contributed by atoms with Crippen molar-refractivity contribution >= 4 is 5.95 Å². The highest BCUT2D eigenvalue weighted by Gasteiger charge is 2.25. The summed E-state index contributed by atoms with van der Waals surface area (Å²) in [6, 6.07) is 0. The van der Waals surface area contributed by atoms with Gasteiger partial charge in [-0.05, 0) is 25.2 Å². The fourth-order valence-corrected chi connectivity index (χ4v) is 2.39. The van der Waals surface area contributed by atoms with Crippen molar-refractivity contribution in [2.75, 3.05) is 51.2 Å². The number of rotatable bonds is 2. The van der Waals surface area contributed by atoms with Crippen molar-refractivity contribution in [3.63, 3.8) is 0 Å². The molecule has 1 aromatic rings. The number of likely N-dealkylation sites (N-methyl/N-ethyl adjacent to an activating group) is 1. The standard InChI is InChI=1S/C11H19N5O/c1-15-4-6-16(7-5-15)11-13-10(17-14-11)9-2-3-12-8-9/h9,12H,2-8H2,1H3. The molecular weight excluding hydrogens is 218 g/mol. The second kappa shape index (κ2) is 4.62. The molecule has 94 valence electrons. The first-order chi connectivity index (χ1) is 8.33. The van der Waals surface area contributed by atoms with Crippen molar-refractivity contribution < 1.29 is 4.52 Å². The molecule has 6 heteroatoms. The van der Waals surface area contributed by atoms with Gasteiger partial charge in [0, 0.05) is 32.7 Å². The molecule has 6 nitrogen and oxygen atoms in total. The van der Waals surface area contributed by atoms with E-state index in [1.54, 1.807) is 0 Å². The molecule has 0 bridgehead atoms. The zero-order valence-electron chi connectivity index (χ0n) is 10.2. The predicted octanol–water partition coefficient (Wildman–Crippen LogP) is -0.102. The number of anilines is 1. The summed E-state index contributed by atoms with van der Waals surface area (Å²) in [4.78, 5) is 9.05. The molecule has 17 heavy (non-hydrogen) atoms. The van der Waals surface area contributed by atoms with Crippen molar-refractivity contribution in [1.82, 2.24) is 20.4 Å². The van der Waals surface area contributed by atoms with E-state index >= 15 is 0 Å². The minimum atomic E-state index is 0.406. The van der Waals surface area contributed by atoms with Crippen LogP contribution in [0.15, 0.2) is 4.52 Å². The highest BCUT2D eigenvalue weighted by atomic mass is 16.5. The molecule has 2 aliphatic heterocycles. The van der Waals surface area contributed by atoms with Crippen LogP contribution in [0.5, 0.6) is 0 Å². The number of nitrogens with zero attached hydrogens (tertiary/aromatic N) is 4. The summed E-state index contributed by atoms with van der Waals surface area (Å²) in [6.45, 7) is 6.11. The molecular formula is C11H19N5O. The fourth-order valence-electron chi connectivity index (χ4n) is 2.39. The lowest BCUT2D eigenvalue weighted by molar-refractivity contribution is 0.308. The first-order valence-corrected chi connectivity index (χ1v) is 6.31. The Morgan fingerprint density at radius 1 is 1.29 bits per heavy atom. The highest BCUT2D eigenvalue weighted by molar-refractivity contribution is 5.29. The van der Waals surface area contributed by atoms with Crippen LogP contribution in [0.25, 0.3) is 0 Å². The molecule has 3 heterocycles. The van der Waals surface area contributed by atoms with E-state index in [2.05, 4.69) is 32.3 Å². The molecule has 0 saturated carbocycles. The van der Waals surface area contributed by atoms with Crippen LogP contribution in [-0.2, 0) is 0 Å². The van der Waals surface area contributed by atoms with Crippen LogP contribution in [0.4, 0.5) is 5.95 Å². The van der Waals surface area contributed by atoms with Crippen LogP contribution in [0, 0.1) is 0 Å². The molecule has 2 fully saturated rings. The van der Waals surface area contributed by atoms with E-state index in [0.29, 0.717) is 5.92 Å². The van der Waals surface area contributed by atoms with E-state index in [4.69, 9.17) is 4.52 Å². The summed E-state index contributed by atoms with van der Waals surface area (Å²) >= 11 is 0. The van der Waals surface area contributed by atoms with Gasteiger partial charge in [0.2, 0.25) is 5.89 Å². The molecule has 0 aliphatic carbocycles. The number of aromatic nitrogens is 2. The zero-order chi connectivity index (χ0) is 11.7. The van der Waals surface area contributed by atoms with Gasteiger partial charge in [-0.1, -0.05) is 0 Å². The van der Waals surface area contributed by atoms with Crippen LogP contribution in [0.1, 0.15) is 18.2 Å². The van der Waals surface area contributed by atoms with Crippen LogP contribution in [0.3, 0.4) is 0 Å². The third kappa shape index (κ3) is 2.28. The zero-order valence-corrected chi connectivity index (χ0v) is 10.2. The number of nitrogens with one attached hydrogen (secondary N) is 1. The van der Waals surface area contributed by atoms with Gasteiger partial charge in [0.15, 0.2) is 0 Å². The number of hydrogen-bond acceptors (Lipinski definition) is 6. The molecule has 1 atom stereocenters. The van der Waals surface area contributed by atoms with E-state index in [1.165, 1.54) is 0 Å². The Kier molecular flexibility index (Phi) is 2.98. The first kappa shape index (κ1) is 11.0. The quantitative estimate of drug-likeness (QED) is 0.775. The Hall–Kier alpha value is -1.14. The summed E-state index contributed by atoms with van der Waals surface area (Å²) in [7, 11) is 2.14. The average Bonchev–Trinajstić information content (AvgIpc) is 3.00. The van der Waals surface area contributed by atoms with Crippen molar-refractivity contribution in [2.24, 2.45) is 0 Å². The molecule has 0 spiro atoms. The van der Waals surface area contributed by atoms with Gasteiger partial charge in [0.05, 0.1) is 5.92 Å². The lowest BCUT2D eigenvalue weighted by atomic mass is 10.1. The van der Waals surface area contributed by atoms with E-state index < -0.39 is 0 Å². The normalized spacial score (nSPS) is 26.6. The molecule has 3 rings (SSSR count). The SMILES string of the molecule is CN1CCN(c2noc(C3CCNC3)n2)CC1. The van der Waals surface area contributed by atoms with Crippen LogP contribution >= 0.6 is 0 Å². The highest BCUT2D eigenvalue weighted by Crippen LogP contribution is 2.22. The van der Waals surface area contributed by atoms with Crippen LogP contribution in [0.2, 0.25) is 0 Å². The van der Waals surface area contributed by atoms with Gasteiger partial charge in [0.25, 0.3) is 5.95 Å². The van der Waals surface area contributed by atoms with E-state index in [9.17, 15) is 0 Å². The van der Waals surface area contributed by atoms with Crippen LogP contribution in [-0.4, -0.2) is 61.4 Å². The Morgan fingerprint density at radius 2 is 2.12 bits per heavy atom. The number of hydrogen-bond donors (Lipinski definition) is 1. The van der Waals surface area contributed by atoms with Crippen molar-refractivity contribution in [2.45, 2.75) is 12.3 Å². The van der Waals surface area contributed by atoms with Gasteiger partial charge >= 0.3 is 0 Å². The van der Waals surface area contributed by atoms with E-state index in [1.807, 2.05) is 0 Å². The lowest BCUT2D eigenvalue weighted by Crippen LogP contribution is -2.44. The second-order valence-electron chi connectivity index (χ2n) is 4.91. The average molecular weight is 237 g/mol. The third-order valence-electron chi connectivity index (χ3n) is 3.63. The first-order valence-electron chi connectivity index (χ1n) is 6.31. The molecule has 2 aliphatic rings. The van der Waals surface area contributed by atoms with Crippen molar-refractivity contribution in [3.8, 4) is 0 Å². The largest absolute Gasteiger partial charge is 0.337 e. The smallest absolute Gasteiger partial charge is 0.266 e. The van der Waals surface area contributed by atoms with Gasteiger partial charge < -0.3 is 19.6 Å². The van der Waals surface area contributed by atoms with Gasteiger partial charge in [0.1, 0.15) is 0 Å². The Morgan fingerprint density at radius 3 is 2.82 bits per heavy atom. The van der Waals surface area contributed by atoms with Crippen molar-refractivity contribution in [3.05, 3.63) is 5.89 Å². The summed E-state index contributed by atoms with van der Waals surface area (Å²) in [6.07, 6.45) is 1.10.